The average molecular weight is 341 g/mol. The third-order valence-electron chi connectivity index (χ3n) is 3.88. The van der Waals surface area contributed by atoms with Gasteiger partial charge in [-0.25, -0.2) is 0 Å². The number of piperidine rings is 1. The number of amides is 1. The van der Waals surface area contributed by atoms with E-state index in [1.807, 2.05) is 0 Å². The van der Waals surface area contributed by atoms with Crippen LogP contribution in [0.2, 0.25) is 0 Å². The lowest BCUT2D eigenvalue weighted by Gasteiger charge is -2.31. The molecule has 2 rings (SSSR count). The molecule has 0 aliphatic carbocycles. The van der Waals surface area contributed by atoms with E-state index in [0.717, 1.165) is 32.4 Å². The Hall–Kier alpha value is -1.43. The van der Waals surface area contributed by atoms with Crippen LogP contribution >= 0.6 is 15.9 Å². The highest BCUT2D eigenvalue weighted by molar-refractivity contribution is 9.10. The Morgan fingerprint density at radius 2 is 2.10 bits per heavy atom. The molecular weight excluding hydrogens is 324 g/mol. The first kappa shape index (κ1) is 15.0. The Balaban J connectivity index is 2.18. The van der Waals surface area contributed by atoms with Gasteiger partial charge in [0.1, 0.15) is 4.47 Å². The van der Waals surface area contributed by atoms with Gasteiger partial charge < -0.3 is 4.90 Å². The summed E-state index contributed by atoms with van der Waals surface area (Å²) in [5.74, 6) is 0.558. The van der Waals surface area contributed by atoms with Gasteiger partial charge in [-0.15, -0.1) is 0 Å². The van der Waals surface area contributed by atoms with E-state index in [-0.39, 0.29) is 16.1 Å². The Kier molecular flexibility index (Phi) is 4.75. The lowest BCUT2D eigenvalue weighted by atomic mass is 9.94. The maximum Gasteiger partial charge on any atom is 0.284 e. The molecule has 20 heavy (non-hydrogen) atoms. The smallest absolute Gasteiger partial charge is 0.284 e. The second kappa shape index (κ2) is 6.35. The number of carbonyl (C=O) groups excluding carboxylic acids is 1. The number of carbonyl (C=O) groups is 1. The van der Waals surface area contributed by atoms with Crippen LogP contribution in [0.5, 0.6) is 0 Å². The lowest BCUT2D eigenvalue weighted by molar-refractivity contribution is -0.385. The van der Waals surface area contributed by atoms with Crippen LogP contribution in [-0.2, 0) is 0 Å². The molecule has 0 saturated carbocycles. The topological polar surface area (TPSA) is 63.5 Å². The summed E-state index contributed by atoms with van der Waals surface area (Å²) < 4.78 is 0.271. The van der Waals surface area contributed by atoms with E-state index in [0.29, 0.717) is 11.5 Å². The SMILES string of the molecule is CCC1CCN(C(=O)c2cccc([N+](=O)[O-])c2Br)CC1. The molecule has 1 aliphatic rings. The molecule has 1 fully saturated rings. The fraction of sp³-hybridized carbons (Fsp3) is 0.500. The van der Waals surface area contributed by atoms with Crippen LogP contribution in [-0.4, -0.2) is 28.8 Å². The molecular formula is C14H17BrN2O3. The third kappa shape index (κ3) is 3.00. The minimum Gasteiger partial charge on any atom is -0.339 e. The molecule has 1 aliphatic heterocycles. The van der Waals surface area contributed by atoms with Crippen LogP contribution < -0.4 is 0 Å². The highest BCUT2D eigenvalue weighted by Crippen LogP contribution is 2.30. The number of likely N-dealkylation sites (tertiary alicyclic amines) is 1. The van der Waals surface area contributed by atoms with E-state index in [4.69, 9.17) is 0 Å². The summed E-state index contributed by atoms with van der Waals surface area (Å²) in [4.78, 5) is 24.7. The minimum atomic E-state index is -0.482. The van der Waals surface area contributed by atoms with Crippen LogP contribution in [0, 0.1) is 16.0 Å². The van der Waals surface area contributed by atoms with Gasteiger partial charge >= 0.3 is 0 Å². The summed E-state index contributed by atoms with van der Waals surface area (Å²) in [6.07, 6.45) is 3.16. The summed E-state index contributed by atoms with van der Waals surface area (Å²) in [6.45, 7) is 3.62. The number of halogens is 1. The van der Waals surface area contributed by atoms with Crippen LogP contribution in [0.25, 0.3) is 0 Å². The first-order chi connectivity index (χ1) is 9.54. The van der Waals surface area contributed by atoms with Crippen molar-refractivity contribution in [2.45, 2.75) is 26.2 Å². The molecule has 0 unspecified atom stereocenters. The summed E-state index contributed by atoms with van der Waals surface area (Å²) in [5, 5.41) is 10.9. The van der Waals surface area contributed by atoms with Crippen molar-refractivity contribution in [2.24, 2.45) is 5.92 Å². The Labute approximate surface area is 126 Å². The van der Waals surface area contributed by atoms with Gasteiger partial charge in [0, 0.05) is 19.2 Å². The number of nitro groups is 1. The first-order valence-corrected chi connectivity index (χ1v) is 7.56. The highest BCUT2D eigenvalue weighted by atomic mass is 79.9. The van der Waals surface area contributed by atoms with Gasteiger partial charge in [0.05, 0.1) is 10.5 Å². The van der Waals surface area contributed by atoms with E-state index in [9.17, 15) is 14.9 Å². The zero-order valence-electron chi connectivity index (χ0n) is 11.3. The number of nitrogens with zero attached hydrogens (tertiary/aromatic N) is 2. The Morgan fingerprint density at radius 3 is 2.65 bits per heavy atom. The average Bonchev–Trinajstić information content (AvgIpc) is 2.46. The summed E-state index contributed by atoms with van der Waals surface area (Å²) in [7, 11) is 0. The van der Waals surface area contributed by atoms with Gasteiger partial charge in [0.2, 0.25) is 0 Å². The fourth-order valence-corrected chi connectivity index (χ4v) is 3.12. The van der Waals surface area contributed by atoms with Crippen molar-refractivity contribution < 1.29 is 9.72 Å². The first-order valence-electron chi connectivity index (χ1n) is 6.76. The molecule has 1 saturated heterocycles. The van der Waals surface area contributed by atoms with Crippen molar-refractivity contribution in [1.82, 2.24) is 4.90 Å². The van der Waals surface area contributed by atoms with Crippen molar-refractivity contribution in [1.29, 1.82) is 0 Å². The predicted octanol–water partition coefficient (Wildman–Crippen LogP) is 3.62. The largest absolute Gasteiger partial charge is 0.339 e. The number of hydrogen-bond acceptors (Lipinski definition) is 3. The van der Waals surface area contributed by atoms with Gasteiger partial charge in [-0.05, 0) is 40.8 Å². The number of nitro benzene ring substituents is 1. The molecule has 0 aromatic heterocycles. The molecule has 6 heteroatoms. The standard InChI is InChI=1S/C14H17BrN2O3/c1-2-10-6-8-16(9-7-10)14(18)11-4-3-5-12(13(11)15)17(19)20/h3-5,10H,2,6-9H2,1H3. The van der Waals surface area contributed by atoms with Crippen LogP contribution in [0.15, 0.2) is 22.7 Å². The van der Waals surface area contributed by atoms with Crippen LogP contribution in [0.4, 0.5) is 5.69 Å². The molecule has 0 radical (unpaired) electrons. The minimum absolute atomic E-state index is 0.0701. The van der Waals surface area contributed by atoms with E-state index in [1.54, 1.807) is 17.0 Å². The highest BCUT2D eigenvalue weighted by Gasteiger charge is 2.26. The van der Waals surface area contributed by atoms with Gasteiger partial charge in [-0.3, -0.25) is 14.9 Å². The fourth-order valence-electron chi connectivity index (χ4n) is 2.54. The number of rotatable bonds is 3. The van der Waals surface area contributed by atoms with Gasteiger partial charge in [-0.1, -0.05) is 19.4 Å². The maximum atomic E-state index is 12.5. The second-order valence-corrected chi connectivity index (χ2v) is 5.83. The maximum absolute atomic E-state index is 12.5. The monoisotopic (exact) mass is 340 g/mol. The molecule has 0 spiro atoms. The summed E-state index contributed by atoms with van der Waals surface area (Å²) in [5.41, 5.74) is 0.299. The Bertz CT molecular complexity index is 525. The van der Waals surface area contributed by atoms with Gasteiger partial charge in [0.25, 0.3) is 11.6 Å². The van der Waals surface area contributed by atoms with Crippen molar-refractivity contribution in [2.75, 3.05) is 13.1 Å². The zero-order valence-corrected chi connectivity index (χ0v) is 12.9. The van der Waals surface area contributed by atoms with Crippen molar-refractivity contribution in [3.8, 4) is 0 Å². The molecule has 0 bridgehead atoms. The summed E-state index contributed by atoms with van der Waals surface area (Å²) >= 11 is 3.19. The third-order valence-corrected chi connectivity index (χ3v) is 4.72. The second-order valence-electron chi connectivity index (χ2n) is 5.04. The van der Waals surface area contributed by atoms with Crippen LogP contribution in [0.3, 0.4) is 0 Å². The molecule has 1 aromatic rings. The van der Waals surface area contributed by atoms with Gasteiger partial charge in [0.15, 0.2) is 0 Å². The molecule has 1 aromatic carbocycles. The number of benzene rings is 1. The quantitative estimate of drug-likeness (QED) is 0.623. The van der Waals surface area contributed by atoms with E-state index in [2.05, 4.69) is 22.9 Å². The van der Waals surface area contributed by atoms with Crippen LogP contribution in [0.1, 0.15) is 36.5 Å². The summed E-state index contributed by atoms with van der Waals surface area (Å²) in [6, 6.07) is 4.57. The molecule has 5 nitrogen and oxygen atoms in total. The van der Waals surface area contributed by atoms with Crippen molar-refractivity contribution in [3.63, 3.8) is 0 Å². The molecule has 1 heterocycles. The molecule has 0 atom stereocenters. The normalized spacial score (nSPS) is 16.2. The number of hydrogen-bond donors (Lipinski definition) is 0. The molecule has 1 amide bonds. The zero-order chi connectivity index (χ0) is 14.7. The molecule has 108 valence electrons. The van der Waals surface area contributed by atoms with Crippen molar-refractivity contribution in [3.05, 3.63) is 38.3 Å². The van der Waals surface area contributed by atoms with E-state index < -0.39 is 4.92 Å². The lowest BCUT2D eigenvalue weighted by Crippen LogP contribution is -2.38. The van der Waals surface area contributed by atoms with E-state index in [1.165, 1.54) is 6.07 Å². The van der Waals surface area contributed by atoms with Gasteiger partial charge in [-0.2, -0.15) is 0 Å². The predicted molar refractivity (Wildman–Crippen MR) is 79.7 cm³/mol. The van der Waals surface area contributed by atoms with E-state index >= 15 is 0 Å². The Morgan fingerprint density at radius 1 is 1.45 bits per heavy atom. The molecule has 0 N–H and O–H groups in total. The van der Waals surface area contributed by atoms with Crippen molar-refractivity contribution >= 4 is 27.5 Å².